The number of hydrogen-bond acceptors (Lipinski definition) is 3. The van der Waals surface area contributed by atoms with Gasteiger partial charge in [-0.25, -0.2) is 0 Å². The maximum atomic E-state index is 13.7. The number of rotatable bonds is 11. The molecule has 3 aromatic rings. The van der Waals surface area contributed by atoms with Crippen LogP contribution in [0, 0.1) is 13.8 Å². The van der Waals surface area contributed by atoms with Crippen LogP contribution >= 0.6 is 27.5 Å². The average Bonchev–Trinajstić information content (AvgIpc) is 2.88. The van der Waals surface area contributed by atoms with E-state index in [2.05, 4.69) is 21.2 Å². The first-order valence-corrected chi connectivity index (χ1v) is 13.6. The maximum Gasteiger partial charge on any atom is 0.261 e. The van der Waals surface area contributed by atoms with Crippen LogP contribution < -0.4 is 10.1 Å². The van der Waals surface area contributed by atoms with Crippen molar-refractivity contribution in [2.45, 2.75) is 59.2 Å². The Morgan fingerprint density at radius 2 is 1.65 bits per heavy atom. The fourth-order valence-corrected chi connectivity index (χ4v) is 4.60. The zero-order valence-corrected chi connectivity index (χ0v) is 24.1. The number of hydrogen-bond donors (Lipinski definition) is 1. The molecule has 196 valence electrons. The molecule has 0 aliphatic rings. The molecule has 3 rings (SSSR count). The van der Waals surface area contributed by atoms with E-state index in [4.69, 9.17) is 16.3 Å². The van der Waals surface area contributed by atoms with Crippen molar-refractivity contribution in [3.63, 3.8) is 0 Å². The highest BCUT2D eigenvalue weighted by molar-refractivity contribution is 9.10. The zero-order chi connectivity index (χ0) is 26.9. The van der Waals surface area contributed by atoms with Crippen LogP contribution in [-0.4, -0.2) is 35.4 Å². The Labute approximate surface area is 233 Å². The largest absolute Gasteiger partial charge is 0.484 e. The normalized spacial score (nSPS) is 12.5. The summed E-state index contributed by atoms with van der Waals surface area (Å²) in [5.74, 6) is 0.115. The van der Waals surface area contributed by atoms with Crippen molar-refractivity contribution in [1.29, 1.82) is 0 Å². The van der Waals surface area contributed by atoms with Gasteiger partial charge in [0.15, 0.2) is 6.61 Å². The van der Waals surface area contributed by atoms with E-state index in [9.17, 15) is 9.59 Å². The predicted octanol–water partition coefficient (Wildman–Crippen LogP) is 6.65. The Bertz CT molecular complexity index is 1200. The summed E-state index contributed by atoms with van der Waals surface area (Å²) in [5, 5.41) is 3.76. The first kappa shape index (κ1) is 28.7. The topological polar surface area (TPSA) is 58.6 Å². The molecule has 0 saturated heterocycles. The highest BCUT2D eigenvalue weighted by atomic mass is 79.9. The van der Waals surface area contributed by atoms with Crippen LogP contribution in [0.2, 0.25) is 5.02 Å². The Kier molecular flexibility index (Phi) is 10.6. The summed E-state index contributed by atoms with van der Waals surface area (Å²) >= 11 is 9.81. The molecular weight excluding hydrogens is 552 g/mol. The van der Waals surface area contributed by atoms with Crippen LogP contribution in [0.4, 0.5) is 0 Å². The number of aryl methyl sites for hydroxylation is 2. The third-order valence-corrected chi connectivity index (χ3v) is 7.38. The summed E-state index contributed by atoms with van der Waals surface area (Å²) in [7, 11) is 0. The van der Waals surface area contributed by atoms with Gasteiger partial charge in [0, 0.05) is 28.5 Å². The van der Waals surface area contributed by atoms with E-state index in [1.54, 1.807) is 4.90 Å². The van der Waals surface area contributed by atoms with Crippen molar-refractivity contribution in [1.82, 2.24) is 10.2 Å². The Morgan fingerprint density at radius 3 is 2.27 bits per heavy atom. The van der Waals surface area contributed by atoms with Crippen molar-refractivity contribution >= 4 is 39.3 Å². The molecule has 1 N–H and O–H groups in total. The van der Waals surface area contributed by atoms with Crippen LogP contribution in [0.5, 0.6) is 5.75 Å². The van der Waals surface area contributed by atoms with E-state index in [1.807, 2.05) is 94.4 Å². The van der Waals surface area contributed by atoms with Crippen molar-refractivity contribution in [2.24, 2.45) is 0 Å². The first-order valence-electron chi connectivity index (χ1n) is 12.5. The third-order valence-electron chi connectivity index (χ3n) is 6.29. The minimum absolute atomic E-state index is 0.00939. The molecule has 0 saturated carbocycles. The third kappa shape index (κ3) is 8.34. The average molecular weight is 586 g/mol. The second-order valence-electron chi connectivity index (χ2n) is 9.33. The molecule has 0 aromatic heterocycles. The second kappa shape index (κ2) is 13.6. The van der Waals surface area contributed by atoms with Crippen LogP contribution in [0.3, 0.4) is 0 Å². The van der Waals surface area contributed by atoms with Gasteiger partial charge in [0.2, 0.25) is 5.91 Å². The molecular formula is C30H34BrClN2O3. The number of nitrogens with one attached hydrogen (secondary N) is 1. The summed E-state index contributed by atoms with van der Waals surface area (Å²) in [5.41, 5.74) is 3.65. The van der Waals surface area contributed by atoms with E-state index < -0.39 is 6.04 Å². The number of nitrogens with zero attached hydrogens (tertiary/aromatic N) is 1. The van der Waals surface area contributed by atoms with Crippen LogP contribution in [0.1, 0.15) is 42.5 Å². The lowest BCUT2D eigenvalue weighted by atomic mass is 10.0. The molecule has 5 nitrogen and oxygen atoms in total. The fourth-order valence-electron chi connectivity index (χ4n) is 4.04. The molecule has 0 aliphatic heterocycles. The van der Waals surface area contributed by atoms with Gasteiger partial charge in [0.25, 0.3) is 5.91 Å². The molecule has 37 heavy (non-hydrogen) atoms. The molecule has 0 aliphatic carbocycles. The van der Waals surface area contributed by atoms with Gasteiger partial charge in [-0.05, 0) is 73.7 Å². The summed E-state index contributed by atoms with van der Waals surface area (Å²) < 4.78 is 6.83. The highest BCUT2D eigenvalue weighted by Crippen LogP contribution is 2.26. The zero-order valence-electron chi connectivity index (χ0n) is 21.8. The first-order chi connectivity index (χ1) is 17.7. The number of ether oxygens (including phenoxy) is 1. The van der Waals surface area contributed by atoms with Gasteiger partial charge in [-0.3, -0.25) is 9.59 Å². The molecule has 0 bridgehead atoms. The summed E-state index contributed by atoms with van der Waals surface area (Å²) in [6, 6.07) is 20.4. The van der Waals surface area contributed by atoms with Crippen molar-refractivity contribution in [2.75, 3.05) is 6.61 Å². The SMILES string of the molecule is CC[C@H](C)NC(=O)[C@@H](Cc1ccccc1)N(Cc1cccc(Br)c1)C(=O)COc1cc(C)c(Cl)c(C)c1. The summed E-state index contributed by atoms with van der Waals surface area (Å²) in [4.78, 5) is 28.9. The number of carbonyl (C=O) groups excluding carboxylic acids is 2. The predicted molar refractivity (Wildman–Crippen MR) is 153 cm³/mol. The van der Waals surface area contributed by atoms with Crippen molar-refractivity contribution in [3.8, 4) is 5.75 Å². The van der Waals surface area contributed by atoms with E-state index in [1.165, 1.54) is 0 Å². The second-order valence-corrected chi connectivity index (χ2v) is 10.6. The van der Waals surface area contributed by atoms with Gasteiger partial charge in [-0.15, -0.1) is 0 Å². The van der Waals surface area contributed by atoms with Gasteiger partial charge in [-0.1, -0.05) is 76.9 Å². The molecule has 0 unspecified atom stereocenters. The van der Waals surface area contributed by atoms with E-state index >= 15 is 0 Å². The van der Waals surface area contributed by atoms with Gasteiger partial charge in [-0.2, -0.15) is 0 Å². The van der Waals surface area contributed by atoms with Crippen LogP contribution in [-0.2, 0) is 22.6 Å². The van der Waals surface area contributed by atoms with Crippen LogP contribution in [0.15, 0.2) is 71.2 Å². The number of carbonyl (C=O) groups is 2. The fraction of sp³-hybridized carbons (Fsp3) is 0.333. The molecule has 0 heterocycles. The van der Waals surface area contributed by atoms with E-state index in [-0.39, 0.29) is 31.0 Å². The van der Waals surface area contributed by atoms with Crippen molar-refractivity contribution in [3.05, 3.63) is 98.5 Å². The lowest BCUT2D eigenvalue weighted by molar-refractivity contribution is -0.143. The lowest BCUT2D eigenvalue weighted by Gasteiger charge is -2.32. The van der Waals surface area contributed by atoms with Gasteiger partial charge in [0.1, 0.15) is 11.8 Å². The number of amides is 2. The molecule has 3 aromatic carbocycles. The van der Waals surface area contributed by atoms with Crippen molar-refractivity contribution < 1.29 is 14.3 Å². The Hall–Kier alpha value is -2.83. The molecule has 7 heteroatoms. The van der Waals surface area contributed by atoms with Gasteiger partial charge < -0.3 is 15.0 Å². The minimum Gasteiger partial charge on any atom is -0.484 e. The van der Waals surface area contributed by atoms with Gasteiger partial charge >= 0.3 is 0 Å². The molecule has 0 fully saturated rings. The molecule has 0 spiro atoms. The highest BCUT2D eigenvalue weighted by Gasteiger charge is 2.31. The molecule has 2 atom stereocenters. The van der Waals surface area contributed by atoms with E-state index in [0.29, 0.717) is 17.2 Å². The quantitative estimate of drug-likeness (QED) is 0.274. The Morgan fingerprint density at radius 1 is 1.00 bits per heavy atom. The molecule has 0 radical (unpaired) electrons. The molecule has 2 amide bonds. The van der Waals surface area contributed by atoms with Crippen LogP contribution in [0.25, 0.3) is 0 Å². The van der Waals surface area contributed by atoms with Gasteiger partial charge in [0.05, 0.1) is 0 Å². The lowest BCUT2D eigenvalue weighted by Crippen LogP contribution is -2.53. The number of benzene rings is 3. The standard InChI is InChI=1S/C30H34BrClN2O3/c1-5-22(4)33-30(36)27(17-23-10-7-6-8-11-23)34(18-24-12-9-13-25(31)16-24)28(35)19-37-26-14-20(2)29(32)21(3)15-26/h6-16,22,27H,5,17-19H2,1-4H3,(H,33,36)/t22-,27+/m0/s1. The summed E-state index contributed by atoms with van der Waals surface area (Å²) in [6.07, 6.45) is 1.18. The Balaban J connectivity index is 1.93. The monoisotopic (exact) mass is 584 g/mol. The maximum absolute atomic E-state index is 13.7. The smallest absolute Gasteiger partial charge is 0.261 e. The minimum atomic E-state index is -0.708. The summed E-state index contributed by atoms with van der Waals surface area (Å²) in [6.45, 7) is 7.86. The number of halogens is 2. The van der Waals surface area contributed by atoms with E-state index in [0.717, 1.165) is 33.1 Å².